The highest BCUT2D eigenvalue weighted by molar-refractivity contribution is 5.99. The van der Waals surface area contributed by atoms with Crippen LogP contribution in [0.3, 0.4) is 0 Å². The van der Waals surface area contributed by atoms with Crippen LogP contribution in [0.15, 0.2) is 66.7 Å². The zero-order chi connectivity index (χ0) is 19.4. The van der Waals surface area contributed by atoms with E-state index >= 15 is 0 Å². The molecule has 3 aromatic carbocycles. The van der Waals surface area contributed by atoms with E-state index in [4.69, 9.17) is 4.74 Å². The molecule has 27 heavy (non-hydrogen) atoms. The van der Waals surface area contributed by atoms with Crippen molar-refractivity contribution in [2.45, 2.75) is 13.0 Å². The van der Waals surface area contributed by atoms with Gasteiger partial charge in [-0.2, -0.15) is 0 Å². The number of carbonyl (C=O) groups excluding carboxylic acids is 2. The van der Waals surface area contributed by atoms with Gasteiger partial charge in [0.25, 0.3) is 11.6 Å². The number of esters is 1. The first-order valence-corrected chi connectivity index (χ1v) is 8.19. The van der Waals surface area contributed by atoms with Crippen molar-refractivity contribution in [3.63, 3.8) is 0 Å². The molecule has 0 heterocycles. The molecule has 0 aliphatic carbocycles. The Balaban J connectivity index is 1.66. The van der Waals surface area contributed by atoms with Gasteiger partial charge >= 0.3 is 5.97 Å². The van der Waals surface area contributed by atoms with Gasteiger partial charge in [0.2, 0.25) is 0 Å². The topological polar surface area (TPSA) is 98.5 Å². The number of nitro benzene ring substituents is 1. The van der Waals surface area contributed by atoms with E-state index in [0.29, 0.717) is 5.69 Å². The maximum Gasteiger partial charge on any atom is 0.339 e. The lowest BCUT2D eigenvalue weighted by Crippen LogP contribution is -2.30. The van der Waals surface area contributed by atoms with Crippen LogP contribution in [0.4, 0.5) is 11.4 Å². The smallest absolute Gasteiger partial charge is 0.339 e. The lowest BCUT2D eigenvalue weighted by molar-refractivity contribution is -0.384. The Bertz CT molecular complexity index is 1030. The molecule has 3 rings (SSSR count). The van der Waals surface area contributed by atoms with Crippen LogP contribution in [0.1, 0.15) is 17.3 Å². The minimum atomic E-state index is -1.07. The van der Waals surface area contributed by atoms with Crippen LogP contribution >= 0.6 is 0 Å². The van der Waals surface area contributed by atoms with Crippen molar-refractivity contribution in [1.82, 2.24) is 0 Å². The lowest BCUT2D eigenvalue weighted by Gasteiger charge is -2.14. The summed E-state index contributed by atoms with van der Waals surface area (Å²) in [7, 11) is 0. The maximum atomic E-state index is 12.3. The van der Waals surface area contributed by atoms with E-state index in [-0.39, 0.29) is 11.3 Å². The van der Waals surface area contributed by atoms with Crippen LogP contribution in [0, 0.1) is 10.1 Å². The second kappa shape index (κ2) is 7.65. The summed E-state index contributed by atoms with van der Waals surface area (Å²) in [6.07, 6.45) is -1.07. The molecule has 0 saturated heterocycles. The van der Waals surface area contributed by atoms with Gasteiger partial charge in [0.1, 0.15) is 0 Å². The van der Waals surface area contributed by atoms with Crippen molar-refractivity contribution in [2.24, 2.45) is 0 Å². The number of hydrogen-bond donors (Lipinski definition) is 1. The summed E-state index contributed by atoms with van der Waals surface area (Å²) < 4.78 is 5.12. The zero-order valence-electron chi connectivity index (χ0n) is 14.4. The molecule has 136 valence electrons. The summed E-state index contributed by atoms with van der Waals surface area (Å²) in [4.78, 5) is 34.6. The van der Waals surface area contributed by atoms with E-state index in [1.165, 1.54) is 25.1 Å². The summed E-state index contributed by atoms with van der Waals surface area (Å²) >= 11 is 0. The quantitative estimate of drug-likeness (QED) is 0.420. The fourth-order valence-corrected chi connectivity index (χ4v) is 2.54. The molecule has 0 bridgehead atoms. The number of fused-ring (bicyclic) bond motifs is 1. The van der Waals surface area contributed by atoms with E-state index < -0.39 is 22.9 Å². The fourth-order valence-electron chi connectivity index (χ4n) is 2.54. The molecule has 0 fully saturated rings. The molecule has 7 heteroatoms. The number of benzene rings is 3. The Labute approximate surface area is 154 Å². The van der Waals surface area contributed by atoms with E-state index in [2.05, 4.69) is 5.32 Å². The van der Waals surface area contributed by atoms with Crippen LogP contribution in [-0.2, 0) is 9.53 Å². The SMILES string of the molecule is C[C@H](OC(=O)c1cccc([N+](=O)[O-])c1)C(=O)Nc1ccc2ccccc2c1. The normalized spacial score (nSPS) is 11.6. The molecule has 0 spiro atoms. The van der Waals surface area contributed by atoms with Crippen LogP contribution < -0.4 is 5.32 Å². The molecule has 7 nitrogen and oxygen atoms in total. The number of anilines is 1. The number of rotatable bonds is 5. The van der Waals surface area contributed by atoms with Gasteiger partial charge in [-0.3, -0.25) is 14.9 Å². The maximum absolute atomic E-state index is 12.3. The summed E-state index contributed by atoms with van der Waals surface area (Å²) in [5.41, 5.74) is 0.365. The van der Waals surface area contributed by atoms with E-state index in [1.54, 1.807) is 6.07 Å². The molecule has 1 atom stereocenters. The average Bonchev–Trinajstić information content (AvgIpc) is 2.67. The minimum Gasteiger partial charge on any atom is -0.449 e. The Morgan fingerprint density at radius 1 is 1.00 bits per heavy atom. The number of ether oxygens (including phenoxy) is 1. The highest BCUT2D eigenvalue weighted by Gasteiger charge is 2.20. The third-order valence-corrected chi connectivity index (χ3v) is 3.96. The first-order valence-electron chi connectivity index (χ1n) is 8.19. The van der Waals surface area contributed by atoms with Gasteiger partial charge in [0.15, 0.2) is 6.10 Å². The summed E-state index contributed by atoms with van der Waals surface area (Å²) in [6.45, 7) is 1.44. The number of nitrogens with one attached hydrogen (secondary N) is 1. The second-order valence-electron chi connectivity index (χ2n) is 5.91. The Kier molecular flexibility index (Phi) is 5.12. The standard InChI is InChI=1S/C20H16N2O5/c1-13(27-20(24)16-7-4-8-18(12-16)22(25)26)19(23)21-17-10-9-14-5-2-3-6-15(14)11-17/h2-13H,1H3,(H,21,23)/t13-/m0/s1. The van der Waals surface area contributed by atoms with Gasteiger partial charge in [-0.25, -0.2) is 4.79 Å². The predicted molar refractivity (Wildman–Crippen MR) is 101 cm³/mol. The predicted octanol–water partition coefficient (Wildman–Crippen LogP) is 3.93. The van der Waals surface area contributed by atoms with Crippen molar-refractivity contribution in [2.75, 3.05) is 5.32 Å². The monoisotopic (exact) mass is 364 g/mol. The van der Waals surface area contributed by atoms with E-state index in [0.717, 1.165) is 16.8 Å². The average molecular weight is 364 g/mol. The third-order valence-electron chi connectivity index (χ3n) is 3.96. The van der Waals surface area contributed by atoms with Gasteiger partial charge < -0.3 is 10.1 Å². The summed E-state index contributed by atoms with van der Waals surface area (Å²) in [5.74, 6) is -1.30. The molecule has 0 radical (unpaired) electrons. The largest absolute Gasteiger partial charge is 0.449 e. The Hall–Kier alpha value is -3.74. The van der Waals surface area contributed by atoms with Crippen molar-refractivity contribution in [3.8, 4) is 0 Å². The molecule has 0 aromatic heterocycles. The molecule has 0 unspecified atom stereocenters. The van der Waals surface area contributed by atoms with Crippen LogP contribution in [0.2, 0.25) is 0 Å². The number of hydrogen-bond acceptors (Lipinski definition) is 5. The van der Waals surface area contributed by atoms with Crippen molar-refractivity contribution < 1.29 is 19.2 Å². The number of non-ortho nitro benzene ring substituents is 1. The zero-order valence-corrected chi connectivity index (χ0v) is 14.4. The number of amides is 1. The van der Waals surface area contributed by atoms with Gasteiger partial charge in [0, 0.05) is 17.8 Å². The van der Waals surface area contributed by atoms with Crippen LogP contribution in [-0.4, -0.2) is 22.9 Å². The van der Waals surface area contributed by atoms with E-state index in [1.807, 2.05) is 36.4 Å². The molecular weight excluding hydrogens is 348 g/mol. The van der Waals surface area contributed by atoms with Gasteiger partial charge in [-0.1, -0.05) is 36.4 Å². The molecule has 0 aliphatic rings. The Morgan fingerprint density at radius 2 is 1.74 bits per heavy atom. The molecule has 0 saturated carbocycles. The molecule has 0 aliphatic heterocycles. The molecule has 3 aromatic rings. The van der Waals surface area contributed by atoms with Crippen LogP contribution in [0.5, 0.6) is 0 Å². The van der Waals surface area contributed by atoms with Crippen molar-refractivity contribution in [3.05, 3.63) is 82.4 Å². The van der Waals surface area contributed by atoms with E-state index in [9.17, 15) is 19.7 Å². The van der Waals surface area contributed by atoms with Gasteiger partial charge in [0.05, 0.1) is 10.5 Å². The third kappa shape index (κ3) is 4.27. The lowest BCUT2D eigenvalue weighted by atomic mass is 10.1. The Morgan fingerprint density at radius 3 is 2.48 bits per heavy atom. The number of carbonyl (C=O) groups is 2. The fraction of sp³-hybridized carbons (Fsp3) is 0.100. The second-order valence-corrected chi connectivity index (χ2v) is 5.91. The summed E-state index contributed by atoms with van der Waals surface area (Å²) in [5, 5.41) is 15.5. The first-order chi connectivity index (χ1) is 12.9. The van der Waals surface area contributed by atoms with Crippen molar-refractivity contribution >= 4 is 34.0 Å². The van der Waals surface area contributed by atoms with Crippen LogP contribution in [0.25, 0.3) is 10.8 Å². The molecular formula is C20H16N2O5. The van der Waals surface area contributed by atoms with Crippen molar-refractivity contribution in [1.29, 1.82) is 0 Å². The first kappa shape index (κ1) is 18.1. The highest BCUT2D eigenvalue weighted by Crippen LogP contribution is 2.19. The minimum absolute atomic E-state index is 0.00885. The van der Waals surface area contributed by atoms with Gasteiger partial charge in [-0.05, 0) is 35.9 Å². The summed E-state index contributed by atoms with van der Waals surface area (Å²) in [6, 6.07) is 18.3. The molecule has 1 N–H and O–H groups in total. The molecule has 1 amide bonds. The highest BCUT2D eigenvalue weighted by atomic mass is 16.6. The number of nitrogens with zero attached hydrogens (tertiary/aromatic N) is 1. The number of nitro groups is 1. The van der Waals surface area contributed by atoms with Gasteiger partial charge in [-0.15, -0.1) is 0 Å².